The number of hydrogen-bond acceptors (Lipinski definition) is 4. The summed E-state index contributed by atoms with van der Waals surface area (Å²) in [6.45, 7) is 2.85. The Morgan fingerprint density at radius 3 is 2.18 bits per heavy atom. The summed E-state index contributed by atoms with van der Waals surface area (Å²) in [6, 6.07) is 34.0. The summed E-state index contributed by atoms with van der Waals surface area (Å²) >= 11 is 0. The Balaban J connectivity index is 0.000000357. The van der Waals surface area contributed by atoms with E-state index in [1.807, 2.05) is 42.5 Å². The molecule has 1 radical (unpaired) electrons. The second kappa shape index (κ2) is 11.5. The van der Waals surface area contributed by atoms with Gasteiger partial charge in [0.2, 0.25) is 0 Å². The molecule has 0 saturated heterocycles. The number of benzene rings is 4. The van der Waals surface area contributed by atoms with Gasteiger partial charge in [-0.3, -0.25) is 14.8 Å². The molecule has 1 aromatic heterocycles. The van der Waals surface area contributed by atoms with Crippen molar-refractivity contribution in [3.05, 3.63) is 109 Å². The molecular formula is C29H23IrN2O2-. The summed E-state index contributed by atoms with van der Waals surface area (Å²) in [5.74, 6) is 0.640. The van der Waals surface area contributed by atoms with Crippen LogP contribution in [0.3, 0.4) is 0 Å². The first-order chi connectivity index (χ1) is 16.0. The van der Waals surface area contributed by atoms with Crippen molar-refractivity contribution >= 4 is 27.5 Å². The molecule has 0 bridgehead atoms. The summed E-state index contributed by atoms with van der Waals surface area (Å²) in [4.78, 5) is 19.8. The first-order valence-corrected chi connectivity index (χ1v) is 10.6. The van der Waals surface area contributed by atoms with E-state index in [0.29, 0.717) is 5.82 Å². The zero-order chi connectivity index (χ0) is 23.2. The predicted octanol–water partition coefficient (Wildman–Crippen LogP) is 6.95. The number of carbonyl (C=O) groups excluding carboxylic acids is 1. The number of carbonyl (C=O) groups is 1. The molecule has 0 aliphatic carbocycles. The molecule has 1 N–H and O–H groups in total. The third kappa shape index (κ3) is 5.82. The molecule has 5 aromatic rings. The van der Waals surface area contributed by atoms with Crippen molar-refractivity contribution in [2.45, 2.75) is 13.8 Å². The second-order valence-corrected chi connectivity index (χ2v) is 7.62. The van der Waals surface area contributed by atoms with E-state index in [0.717, 1.165) is 33.1 Å². The maximum absolute atomic E-state index is 10.0. The molecule has 0 amide bonds. The summed E-state index contributed by atoms with van der Waals surface area (Å²) in [7, 11) is 0. The minimum absolute atomic E-state index is 0. The molecule has 171 valence electrons. The number of aromatic nitrogens is 2. The van der Waals surface area contributed by atoms with Crippen LogP contribution in [0, 0.1) is 6.07 Å². The first kappa shape index (κ1) is 25.0. The third-order valence-electron chi connectivity index (χ3n) is 5.00. The van der Waals surface area contributed by atoms with E-state index < -0.39 is 0 Å². The fourth-order valence-corrected chi connectivity index (χ4v) is 3.63. The van der Waals surface area contributed by atoms with Gasteiger partial charge >= 0.3 is 0 Å². The Morgan fingerprint density at radius 2 is 1.53 bits per heavy atom. The first-order valence-electron chi connectivity index (χ1n) is 10.6. The molecule has 4 nitrogen and oxygen atoms in total. The van der Waals surface area contributed by atoms with Crippen molar-refractivity contribution in [3.8, 4) is 22.6 Å². The molecule has 5 heteroatoms. The zero-order valence-electron chi connectivity index (χ0n) is 18.8. The van der Waals surface area contributed by atoms with E-state index >= 15 is 0 Å². The van der Waals surface area contributed by atoms with Gasteiger partial charge in [-0.05, 0) is 24.8 Å². The number of rotatable bonds is 3. The molecule has 0 aliphatic rings. The standard InChI is InChI=1S/C24H15N2.C5H8O2.Ir/c1-3-10-18(11-4-1)22-21-16-15-17-9-7-8-14-20(17)23(21)26-24(25-22)19-12-5-2-6-13-19;1-4(6)3-5(2)7;/h1-12,14-16H;3,6H,1-2H3;/q-1;;/b;4-3-;. The van der Waals surface area contributed by atoms with Crippen LogP contribution in [0.25, 0.3) is 44.3 Å². The summed E-state index contributed by atoms with van der Waals surface area (Å²) < 4.78 is 0. The average molecular weight is 624 g/mol. The number of hydrogen-bond donors (Lipinski definition) is 1. The monoisotopic (exact) mass is 624 g/mol. The van der Waals surface area contributed by atoms with E-state index in [9.17, 15) is 4.79 Å². The van der Waals surface area contributed by atoms with Crippen molar-refractivity contribution < 1.29 is 30.0 Å². The molecule has 0 saturated carbocycles. The van der Waals surface area contributed by atoms with E-state index in [1.165, 1.54) is 25.3 Å². The number of aliphatic hydroxyl groups is 1. The summed E-state index contributed by atoms with van der Waals surface area (Å²) in [5, 5.41) is 11.7. The van der Waals surface area contributed by atoms with Crippen LogP contribution in [-0.4, -0.2) is 20.9 Å². The second-order valence-electron chi connectivity index (χ2n) is 7.62. The van der Waals surface area contributed by atoms with Crippen LogP contribution in [0.4, 0.5) is 0 Å². The van der Waals surface area contributed by atoms with Crippen LogP contribution in [0.2, 0.25) is 0 Å². The minimum Gasteiger partial charge on any atom is -0.512 e. The van der Waals surface area contributed by atoms with Gasteiger partial charge in [0.15, 0.2) is 5.78 Å². The van der Waals surface area contributed by atoms with E-state index in [-0.39, 0.29) is 31.6 Å². The van der Waals surface area contributed by atoms with Crippen LogP contribution in [0.15, 0.2) is 103 Å². The van der Waals surface area contributed by atoms with E-state index in [4.69, 9.17) is 15.1 Å². The molecule has 5 rings (SSSR count). The smallest absolute Gasteiger partial charge is 0.155 e. The van der Waals surface area contributed by atoms with Gasteiger partial charge in [-0.15, -0.1) is 35.9 Å². The number of fused-ring (bicyclic) bond motifs is 3. The maximum atomic E-state index is 10.0. The fraction of sp³-hybridized carbons (Fsp3) is 0.0690. The molecule has 0 aliphatic heterocycles. The third-order valence-corrected chi connectivity index (χ3v) is 5.00. The van der Waals surface area contributed by atoms with Crippen molar-refractivity contribution in [2.75, 3.05) is 0 Å². The molecule has 34 heavy (non-hydrogen) atoms. The Labute approximate surface area is 212 Å². The van der Waals surface area contributed by atoms with Crippen molar-refractivity contribution in [1.29, 1.82) is 0 Å². The quantitative estimate of drug-likeness (QED) is 0.102. The van der Waals surface area contributed by atoms with Gasteiger partial charge in [0, 0.05) is 37.0 Å². The summed E-state index contributed by atoms with van der Waals surface area (Å²) in [5.41, 5.74) is 3.92. The van der Waals surface area contributed by atoms with Crippen LogP contribution in [-0.2, 0) is 24.9 Å². The van der Waals surface area contributed by atoms with Crippen molar-refractivity contribution in [1.82, 2.24) is 9.97 Å². The Hall–Kier alpha value is -3.66. The molecule has 0 unspecified atom stereocenters. The summed E-state index contributed by atoms with van der Waals surface area (Å²) in [6.07, 6.45) is 1.17. The fourth-order valence-electron chi connectivity index (χ4n) is 3.63. The SMILES string of the molecule is CC(=O)/C=C(/C)O.[Ir].[c-]1ccccc1-c1nc(-c2ccccc2)c2ccc3ccccc3c2n1. The van der Waals surface area contributed by atoms with Crippen LogP contribution in [0.1, 0.15) is 13.8 Å². The van der Waals surface area contributed by atoms with Gasteiger partial charge < -0.3 is 5.11 Å². The van der Waals surface area contributed by atoms with Gasteiger partial charge in [0.1, 0.15) is 0 Å². The number of allylic oxidation sites excluding steroid dienone is 2. The van der Waals surface area contributed by atoms with E-state index in [2.05, 4.69) is 54.6 Å². The maximum Gasteiger partial charge on any atom is 0.155 e. The van der Waals surface area contributed by atoms with Crippen LogP contribution >= 0.6 is 0 Å². The largest absolute Gasteiger partial charge is 0.512 e. The Kier molecular flexibility index (Phi) is 8.42. The van der Waals surface area contributed by atoms with Crippen LogP contribution < -0.4 is 0 Å². The topological polar surface area (TPSA) is 63.1 Å². The molecule has 0 fully saturated rings. The molecule has 0 spiro atoms. The predicted molar refractivity (Wildman–Crippen MR) is 134 cm³/mol. The van der Waals surface area contributed by atoms with Crippen LogP contribution in [0.5, 0.6) is 0 Å². The number of ketones is 1. The Bertz CT molecular complexity index is 1450. The van der Waals surface area contributed by atoms with E-state index in [1.54, 1.807) is 0 Å². The van der Waals surface area contributed by atoms with Gasteiger partial charge in [-0.25, -0.2) is 0 Å². The van der Waals surface area contributed by atoms with Gasteiger partial charge in [-0.2, -0.15) is 0 Å². The number of nitrogens with zero attached hydrogens (tertiary/aromatic N) is 2. The number of aliphatic hydroxyl groups excluding tert-OH is 1. The Morgan fingerprint density at radius 1 is 0.824 bits per heavy atom. The van der Waals surface area contributed by atoms with Crippen molar-refractivity contribution in [3.63, 3.8) is 0 Å². The molecule has 0 atom stereocenters. The molecule has 1 heterocycles. The molecular weight excluding hydrogens is 601 g/mol. The van der Waals surface area contributed by atoms with Gasteiger partial charge in [-0.1, -0.05) is 66.7 Å². The van der Waals surface area contributed by atoms with Crippen molar-refractivity contribution in [2.24, 2.45) is 0 Å². The molecule has 4 aromatic carbocycles. The minimum atomic E-state index is -0.125. The van der Waals surface area contributed by atoms with Gasteiger partial charge in [0.25, 0.3) is 0 Å². The zero-order valence-corrected chi connectivity index (χ0v) is 21.2. The average Bonchev–Trinajstić information content (AvgIpc) is 2.84. The normalized spacial score (nSPS) is 10.8. The van der Waals surface area contributed by atoms with Gasteiger partial charge in [0.05, 0.1) is 22.8 Å².